The first-order chi connectivity index (χ1) is 11.5. The average Bonchev–Trinajstić information content (AvgIpc) is 2.55. The molecule has 0 atom stereocenters. The van der Waals surface area contributed by atoms with Gasteiger partial charge in [0.2, 0.25) is 0 Å². The molecule has 0 radical (unpaired) electrons. The second-order valence-electron chi connectivity index (χ2n) is 5.63. The maximum absolute atomic E-state index is 11.7. The Bertz CT molecular complexity index is 537. The van der Waals surface area contributed by atoms with Crippen LogP contribution >= 0.6 is 23.2 Å². The molecule has 24 heavy (non-hydrogen) atoms. The molecule has 1 aromatic rings. The summed E-state index contributed by atoms with van der Waals surface area (Å²) in [5.74, 6) is -0.0541. The first kappa shape index (κ1) is 20.6. The van der Waals surface area contributed by atoms with Gasteiger partial charge in [-0.25, -0.2) is 4.79 Å². The second-order valence-corrected chi connectivity index (χ2v) is 6.44. The van der Waals surface area contributed by atoms with Gasteiger partial charge in [0, 0.05) is 13.1 Å². The number of amides is 2. The van der Waals surface area contributed by atoms with Crippen LogP contribution in [-0.2, 0) is 6.54 Å². The Morgan fingerprint density at radius 3 is 2.46 bits per heavy atom. The summed E-state index contributed by atoms with van der Waals surface area (Å²) in [5.41, 5.74) is 0.878. The Hall–Kier alpha value is -1.46. The number of rotatable bonds is 9. The highest BCUT2D eigenvalue weighted by Gasteiger charge is 2.04. The topological polar surface area (TPSA) is 77.0 Å². The summed E-state index contributed by atoms with van der Waals surface area (Å²) in [6.45, 7) is 3.20. The van der Waals surface area contributed by atoms with E-state index in [4.69, 9.17) is 28.6 Å². The highest BCUT2D eigenvalue weighted by molar-refractivity contribution is 6.42. The van der Waals surface area contributed by atoms with Crippen molar-refractivity contribution in [3.05, 3.63) is 33.8 Å². The third kappa shape index (κ3) is 8.99. The van der Waals surface area contributed by atoms with Gasteiger partial charge in [-0.2, -0.15) is 0 Å². The van der Waals surface area contributed by atoms with Crippen molar-refractivity contribution in [3.8, 4) is 0 Å². The first-order valence-electron chi connectivity index (χ1n) is 8.34. The number of nitrogens with one attached hydrogen (secondary N) is 4. The molecular weight excluding hydrogens is 347 g/mol. The molecule has 0 aliphatic rings. The van der Waals surface area contributed by atoms with E-state index in [-0.39, 0.29) is 12.0 Å². The molecule has 1 aromatic carbocycles. The molecule has 0 bridgehead atoms. The van der Waals surface area contributed by atoms with Crippen LogP contribution in [0.2, 0.25) is 10.0 Å². The van der Waals surface area contributed by atoms with Crippen LogP contribution in [0.4, 0.5) is 4.79 Å². The number of carbonyl (C=O) groups is 1. The van der Waals surface area contributed by atoms with Crippen LogP contribution in [0.5, 0.6) is 0 Å². The van der Waals surface area contributed by atoms with E-state index in [0.717, 1.165) is 18.4 Å². The largest absolute Gasteiger partial charge is 0.352 e. The maximum Gasteiger partial charge on any atom is 0.321 e. The molecule has 2 amide bonds. The van der Waals surface area contributed by atoms with Crippen LogP contribution in [0, 0.1) is 5.41 Å². The van der Waals surface area contributed by atoms with Crippen molar-refractivity contribution in [3.63, 3.8) is 0 Å². The lowest BCUT2D eigenvalue weighted by Gasteiger charge is -2.11. The fourth-order valence-corrected chi connectivity index (χ4v) is 2.47. The number of hydrogen-bond acceptors (Lipinski definition) is 2. The summed E-state index contributed by atoms with van der Waals surface area (Å²) in [6, 6.07) is 4.87. The molecule has 0 heterocycles. The normalized spacial score (nSPS) is 10.3. The van der Waals surface area contributed by atoms with E-state index in [1.54, 1.807) is 12.1 Å². The van der Waals surface area contributed by atoms with Crippen molar-refractivity contribution >= 4 is 35.2 Å². The van der Waals surface area contributed by atoms with E-state index in [1.807, 2.05) is 6.07 Å². The lowest BCUT2D eigenvalue weighted by Crippen LogP contribution is -2.45. The van der Waals surface area contributed by atoms with Crippen LogP contribution in [0.3, 0.4) is 0 Å². The Kier molecular flexibility index (Phi) is 10.3. The molecule has 7 heteroatoms. The minimum Gasteiger partial charge on any atom is -0.352 e. The molecule has 0 fully saturated rings. The molecule has 0 spiro atoms. The zero-order chi connectivity index (χ0) is 17.8. The van der Waals surface area contributed by atoms with Gasteiger partial charge in [-0.15, -0.1) is 0 Å². The molecule has 4 N–H and O–H groups in total. The van der Waals surface area contributed by atoms with Crippen LogP contribution in [0.25, 0.3) is 0 Å². The van der Waals surface area contributed by atoms with Crippen LogP contribution < -0.4 is 16.0 Å². The van der Waals surface area contributed by atoms with E-state index in [2.05, 4.69) is 22.9 Å². The van der Waals surface area contributed by atoms with E-state index in [1.165, 1.54) is 25.7 Å². The summed E-state index contributed by atoms with van der Waals surface area (Å²) in [6.07, 6.45) is 7.05. The molecule has 1 rings (SSSR count). The molecule has 0 aliphatic heterocycles. The van der Waals surface area contributed by atoms with Gasteiger partial charge in [-0.1, -0.05) is 68.3 Å². The SMILES string of the molecule is CCCCCCCCNC(=O)NC(=N)NCc1ccc(Cl)c(Cl)c1. The Balaban J connectivity index is 2.13. The van der Waals surface area contributed by atoms with Crippen molar-refractivity contribution in [2.45, 2.75) is 52.0 Å². The van der Waals surface area contributed by atoms with E-state index in [9.17, 15) is 4.79 Å². The monoisotopic (exact) mass is 372 g/mol. The number of benzene rings is 1. The first-order valence-corrected chi connectivity index (χ1v) is 9.09. The third-order valence-corrected chi connectivity index (χ3v) is 4.25. The summed E-state index contributed by atoms with van der Waals surface area (Å²) in [5, 5.41) is 16.7. The number of carbonyl (C=O) groups excluding carboxylic acids is 1. The number of unbranched alkanes of at least 4 members (excludes halogenated alkanes) is 5. The quantitative estimate of drug-likeness (QED) is 0.288. The van der Waals surface area contributed by atoms with Gasteiger partial charge in [0.05, 0.1) is 10.0 Å². The van der Waals surface area contributed by atoms with E-state index >= 15 is 0 Å². The molecule has 5 nitrogen and oxygen atoms in total. The van der Waals surface area contributed by atoms with Gasteiger partial charge in [0.25, 0.3) is 0 Å². The lowest BCUT2D eigenvalue weighted by atomic mass is 10.1. The number of hydrogen-bond donors (Lipinski definition) is 4. The van der Waals surface area contributed by atoms with Crippen LogP contribution in [0.1, 0.15) is 51.0 Å². The Morgan fingerprint density at radius 1 is 1.04 bits per heavy atom. The van der Waals surface area contributed by atoms with Crippen molar-refractivity contribution in [1.29, 1.82) is 5.41 Å². The number of urea groups is 1. The molecular formula is C17H26Cl2N4O. The lowest BCUT2D eigenvalue weighted by molar-refractivity contribution is 0.244. The minimum atomic E-state index is -0.366. The molecule has 0 aromatic heterocycles. The smallest absolute Gasteiger partial charge is 0.321 e. The molecule has 134 valence electrons. The van der Waals surface area contributed by atoms with Gasteiger partial charge in [0.15, 0.2) is 5.96 Å². The fraction of sp³-hybridized carbons (Fsp3) is 0.529. The standard InChI is InChI=1S/C17H26Cl2N4O/c1-2-3-4-5-6-7-10-21-17(24)23-16(20)22-12-13-8-9-14(18)15(19)11-13/h8-9,11H,2-7,10,12H2,1H3,(H4,20,21,22,23,24). The zero-order valence-electron chi connectivity index (χ0n) is 14.1. The zero-order valence-corrected chi connectivity index (χ0v) is 15.6. The van der Waals surface area contributed by atoms with Gasteiger partial charge in [0.1, 0.15) is 0 Å². The summed E-state index contributed by atoms with van der Waals surface area (Å²) < 4.78 is 0. The van der Waals surface area contributed by atoms with Crippen LogP contribution in [0.15, 0.2) is 18.2 Å². The second kappa shape index (κ2) is 12.0. The summed E-state index contributed by atoms with van der Waals surface area (Å²) in [4.78, 5) is 11.7. The Labute approximate surface area is 154 Å². The fourth-order valence-electron chi connectivity index (χ4n) is 2.15. The van der Waals surface area contributed by atoms with Gasteiger partial charge in [-0.05, 0) is 24.1 Å². The predicted octanol–water partition coefficient (Wildman–Crippen LogP) is 4.68. The summed E-state index contributed by atoms with van der Waals surface area (Å²) in [7, 11) is 0. The van der Waals surface area contributed by atoms with Crippen molar-refractivity contribution in [2.75, 3.05) is 6.54 Å². The van der Waals surface area contributed by atoms with Crippen molar-refractivity contribution < 1.29 is 4.79 Å². The van der Waals surface area contributed by atoms with Gasteiger partial charge in [-0.3, -0.25) is 10.7 Å². The molecule has 0 saturated carbocycles. The van der Waals surface area contributed by atoms with Gasteiger partial charge >= 0.3 is 6.03 Å². The minimum absolute atomic E-state index is 0.0541. The highest BCUT2D eigenvalue weighted by atomic mass is 35.5. The highest BCUT2D eigenvalue weighted by Crippen LogP contribution is 2.22. The maximum atomic E-state index is 11.7. The van der Waals surface area contributed by atoms with Crippen molar-refractivity contribution in [2.24, 2.45) is 0 Å². The van der Waals surface area contributed by atoms with E-state index in [0.29, 0.717) is 23.1 Å². The summed E-state index contributed by atoms with van der Waals surface area (Å²) >= 11 is 11.8. The number of halogens is 2. The molecule has 0 unspecified atom stereocenters. The third-order valence-electron chi connectivity index (χ3n) is 3.51. The molecule has 0 aliphatic carbocycles. The average molecular weight is 373 g/mol. The predicted molar refractivity (Wildman–Crippen MR) is 101 cm³/mol. The Morgan fingerprint density at radius 2 is 1.75 bits per heavy atom. The molecule has 0 saturated heterocycles. The van der Waals surface area contributed by atoms with Crippen LogP contribution in [-0.4, -0.2) is 18.5 Å². The van der Waals surface area contributed by atoms with Gasteiger partial charge < -0.3 is 10.6 Å². The van der Waals surface area contributed by atoms with Crippen molar-refractivity contribution in [1.82, 2.24) is 16.0 Å². The van der Waals surface area contributed by atoms with E-state index < -0.39 is 0 Å². The number of guanidine groups is 1.